The zero-order valence-corrected chi connectivity index (χ0v) is 13.6. The maximum atomic E-state index is 11.8. The van der Waals surface area contributed by atoms with Crippen LogP contribution in [-0.4, -0.2) is 15.7 Å². The zero-order valence-electron chi connectivity index (χ0n) is 10.6. The van der Waals surface area contributed by atoms with Crippen molar-refractivity contribution in [1.82, 2.24) is 9.78 Å². The van der Waals surface area contributed by atoms with Crippen LogP contribution in [0.2, 0.25) is 5.02 Å². The average molecular weight is 405 g/mol. The lowest BCUT2D eigenvalue weighted by atomic mass is 10.2. The van der Waals surface area contributed by atoms with E-state index in [2.05, 4.69) is 33.0 Å². The number of rotatable bonds is 5. The van der Waals surface area contributed by atoms with E-state index in [1.54, 1.807) is 24.4 Å². The van der Waals surface area contributed by atoms with Crippen molar-refractivity contribution in [2.24, 2.45) is 0 Å². The molecule has 0 bridgehead atoms. The lowest BCUT2D eigenvalue weighted by Crippen LogP contribution is -2.12. The number of aryl methyl sites for hydroxylation is 1. The van der Waals surface area contributed by atoms with Gasteiger partial charge in [0, 0.05) is 24.8 Å². The number of carbonyl (C=O) groups is 1. The molecule has 0 saturated carbocycles. The lowest BCUT2D eigenvalue weighted by Gasteiger charge is -2.07. The smallest absolute Gasteiger partial charge is 0.224 e. The number of hydrogen-bond donors (Lipinski definition) is 2. The van der Waals surface area contributed by atoms with Gasteiger partial charge >= 0.3 is 0 Å². The number of amides is 1. The van der Waals surface area contributed by atoms with E-state index >= 15 is 0 Å². The fraction of sp³-hybridized carbons (Fsp3) is 0.231. The maximum absolute atomic E-state index is 11.8. The van der Waals surface area contributed by atoms with Crippen LogP contribution in [-0.2, 0) is 11.3 Å². The summed E-state index contributed by atoms with van der Waals surface area (Å²) in [5, 5.41) is 7.44. The first-order valence-electron chi connectivity index (χ1n) is 6.07. The number of nitrogens with two attached hydrogens (primary N) is 1. The zero-order chi connectivity index (χ0) is 14.5. The second kappa shape index (κ2) is 6.94. The Bertz CT molecular complexity index is 614. The molecule has 0 aliphatic heterocycles. The third-order valence-electron chi connectivity index (χ3n) is 2.67. The highest BCUT2D eigenvalue weighted by molar-refractivity contribution is 14.1. The first-order chi connectivity index (χ1) is 9.54. The van der Waals surface area contributed by atoms with E-state index in [0.29, 0.717) is 22.8 Å². The fourth-order valence-electron chi connectivity index (χ4n) is 1.71. The molecular weight excluding hydrogens is 391 g/mol. The third-order valence-corrected chi connectivity index (χ3v) is 3.57. The molecule has 1 aromatic carbocycles. The number of carbonyl (C=O) groups excluding carboxylic acids is 1. The molecule has 1 amide bonds. The van der Waals surface area contributed by atoms with Gasteiger partial charge in [-0.05, 0) is 47.2 Å². The Morgan fingerprint density at radius 3 is 2.95 bits per heavy atom. The van der Waals surface area contributed by atoms with E-state index in [-0.39, 0.29) is 5.91 Å². The molecule has 0 aliphatic carbocycles. The molecule has 0 saturated heterocycles. The van der Waals surface area contributed by atoms with Crippen LogP contribution >= 0.6 is 34.2 Å². The number of halogens is 2. The molecule has 2 rings (SSSR count). The van der Waals surface area contributed by atoms with Crippen LogP contribution in [0.1, 0.15) is 12.8 Å². The highest BCUT2D eigenvalue weighted by atomic mass is 127. The third kappa shape index (κ3) is 4.38. The van der Waals surface area contributed by atoms with Crippen molar-refractivity contribution in [2.75, 3.05) is 11.1 Å². The van der Waals surface area contributed by atoms with Gasteiger partial charge in [-0.1, -0.05) is 11.6 Å². The van der Waals surface area contributed by atoms with E-state index in [0.717, 1.165) is 16.5 Å². The van der Waals surface area contributed by atoms with Crippen LogP contribution < -0.4 is 11.1 Å². The molecule has 1 aromatic heterocycles. The number of nitrogen functional groups attached to an aromatic ring is 1. The minimum atomic E-state index is -0.0476. The second-order valence-electron chi connectivity index (χ2n) is 4.31. The van der Waals surface area contributed by atoms with Gasteiger partial charge in [-0.25, -0.2) is 0 Å². The van der Waals surface area contributed by atoms with Gasteiger partial charge in [0.1, 0.15) is 0 Å². The number of aromatic nitrogens is 2. The summed E-state index contributed by atoms with van der Waals surface area (Å²) in [5.74, 6) is -0.0476. The largest absolute Gasteiger partial charge is 0.397 e. The lowest BCUT2D eigenvalue weighted by molar-refractivity contribution is -0.116. The predicted octanol–water partition coefficient (Wildman–Crippen LogP) is 3.14. The Kier molecular flexibility index (Phi) is 5.24. The van der Waals surface area contributed by atoms with Crippen molar-refractivity contribution in [3.8, 4) is 0 Å². The highest BCUT2D eigenvalue weighted by Gasteiger charge is 2.04. The van der Waals surface area contributed by atoms with Crippen LogP contribution in [0.4, 0.5) is 11.4 Å². The molecule has 0 atom stereocenters. The van der Waals surface area contributed by atoms with Gasteiger partial charge in [-0.2, -0.15) is 5.10 Å². The molecule has 20 heavy (non-hydrogen) atoms. The number of hydrogen-bond acceptors (Lipinski definition) is 3. The molecule has 0 fully saturated rings. The van der Waals surface area contributed by atoms with E-state index in [4.69, 9.17) is 17.3 Å². The van der Waals surface area contributed by atoms with Crippen LogP contribution in [0, 0.1) is 3.57 Å². The van der Waals surface area contributed by atoms with Crippen molar-refractivity contribution in [2.45, 2.75) is 19.4 Å². The molecule has 106 valence electrons. The summed E-state index contributed by atoms with van der Waals surface area (Å²) in [6.07, 6.45) is 4.89. The Balaban J connectivity index is 1.79. The van der Waals surface area contributed by atoms with Gasteiger partial charge < -0.3 is 11.1 Å². The van der Waals surface area contributed by atoms with Crippen LogP contribution in [0.3, 0.4) is 0 Å². The summed E-state index contributed by atoms with van der Waals surface area (Å²) >= 11 is 8.02. The summed E-state index contributed by atoms with van der Waals surface area (Å²) in [7, 11) is 0. The fourth-order valence-corrected chi connectivity index (χ4v) is 2.27. The van der Waals surface area contributed by atoms with E-state index in [9.17, 15) is 4.79 Å². The number of benzene rings is 1. The van der Waals surface area contributed by atoms with Crippen LogP contribution in [0.25, 0.3) is 0 Å². The molecule has 2 aromatic rings. The number of nitrogens with zero attached hydrogens (tertiary/aromatic N) is 2. The number of anilines is 2. The Morgan fingerprint density at radius 2 is 2.30 bits per heavy atom. The summed E-state index contributed by atoms with van der Waals surface area (Å²) in [5.41, 5.74) is 6.79. The molecule has 1 heterocycles. The van der Waals surface area contributed by atoms with Crippen molar-refractivity contribution in [3.05, 3.63) is 39.2 Å². The van der Waals surface area contributed by atoms with E-state index in [1.807, 2.05) is 10.9 Å². The van der Waals surface area contributed by atoms with E-state index in [1.165, 1.54) is 0 Å². The molecule has 3 N–H and O–H groups in total. The number of nitrogens with one attached hydrogen (secondary N) is 1. The quantitative estimate of drug-likeness (QED) is 0.594. The molecule has 0 aliphatic rings. The van der Waals surface area contributed by atoms with Crippen LogP contribution in [0.15, 0.2) is 30.6 Å². The normalized spacial score (nSPS) is 10.5. The molecular formula is C13H14ClIN4O. The summed E-state index contributed by atoms with van der Waals surface area (Å²) in [6, 6.07) is 5.04. The van der Waals surface area contributed by atoms with Gasteiger partial charge in [-0.15, -0.1) is 0 Å². The van der Waals surface area contributed by atoms with Gasteiger partial charge in [0.2, 0.25) is 5.91 Å². The summed E-state index contributed by atoms with van der Waals surface area (Å²) in [4.78, 5) is 11.8. The first-order valence-corrected chi connectivity index (χ1v) is 7.53. The van der Waals surface area contributed by atoms with Crippen molar-refractivity contribution in [1.29, 1.82) is 0 Å². The Morgan fingerprint density at radius 1 is 1.50 bits per heavy atom. The monoisotopic (exact) mass is 404 g/mol. The van der Waals surface area contributed by atoms with Crippen LogP contribution in [0.5, 0.6) is 0 Å². The van der Waals surface area contributed by atoms with Crippen molar-refractivity contribution < 1.29 is 4.79 Å². The maximum Gasteiger partial charge on any atom is 0.224 e. The van der Waals surface area contributed by atoms with Gasteiger partial charge in [0.05, 0.1) is 20.5 Å². The second-order valence-corrected chi connectivity index (χ2v) is 5.96. The van der Waals surface area contributed by atoms with Crippen molar-refractivity contribution >= 4 is 51.5 Å². The predicted molar refractivity (Wildman–Crippen MR) is 88.7 cm³/mol. The van der Waals surface area contributed by atoms with E-state index < -0.39 is 0 Å². The molecule has 5 nitrogen and oxygen atoms in total. The summed E-state index contributed by atoms with van der Waals surface area (Å²) in [6.45, 7) is 0.721. The molecule has 0 unspecified atom stereocenters. The highest BCUT2D eigenvalue weighted by Crippen LogP contribution is 2.22. The average Bonchev–Trinajstić information content (AvgIpc) is 2.80. The molecule has 0 spiro atoms. The molecule has 7 heteroatoms. The van der Waals surface area contributed by atoms with Gasteiger partial charge in [-0.3, -0.25) is 9.48 Å². The Labute approximate surface area is 135 Å². The minimum absolute atomic E-state index is 0.0476. The topological polar surface area (TPSA) is 72.9 Å². The van der Waals surface area contributed by atoms with Gasteiger partial charge in [0.25, 0.3) is 0 Å². The summed E-state index contributed by atoms with van der Waals surface area (Å²) < 4.78 is 2.92. The first kappa shape index (κ1) is 15.1. The van der Waals surface area contributed by atoms with Crippen molar-refractivity contribution in [3.63, 3.8) is 0 Å². The SMILES string of the molecule is Nc1cc(NC(=O)CCCn2cc(I)cn2)ccc1Cl. The minimum Gasteiger partial charge on any atom is -0.397 e. The standard InChI is InChI=1S/C13H14ClIN4O/c14-11-4-3-10(6-12(11)16)18-13(20)2-1-5-19-8-9(15)7-17-19/h3-4,6-8H,1-2,5,16H2,(H,18,20). The molecule has 0 radical (unpaired) electrons. The van der Waals surface area contributed by atoms with Gasteiger partial charge in [0.15, 0.2) is 0 Å². The Hall–Kier alpha value is -1.28.